The molecule has 1 aliphatic rings. The molecule has 0 spiro atoms. The number of methoxy groups -OCH3 is 2. The number of nitrogens with zero attached hydrogens (tertiary/aromatic N) is 1. The first kappa shape index (κ1) is 21.8. The van der Waals surface area contributed by atoms with Gasteiger partial charge in [-0.2, -0.15) is 0 Å². The fraction of sp³-hybridized carbons (Fsp3) is 0.190. The molecular weight excluding hydrogens is 472 g/mol. The number of halogens is 1. The van der Waals surface area contributed by atoms with Crippen molar-refractivity contribution in [2.75, 3.05) is 25.7 Å². The molecule has 2 aromatic carbocycles. The van der Waals surface area contributed by atoms with Gasteiger partial charge >= 0.3 is 0 Å². The summed E-state index contributed by atoms with van der Waals surface area (Å²) in [4.78, 5) is 27.1. The van der Waals surface area contributed by atoms with Crippen LogP contribution in [0.25, 0.3) is 6.08 Å². The summed E-state index contributed by atoms with van der Waals surface area (Å²) in [5.74, 6) is 0.330. The smallest absolute Gasteiger partial charge is 0.270 e. The second kappa shape index (κ2) is 9.27. The molecule has 0 atom stereocenters. The van der Waals surface area contributed by atoms with Gasteiger partial charge in [0.2, 0.25) is 0 Å². The van der Waals surface area contributed by atoms with Gasteiger partial charge < -0.3 is 14.2 Å². The first-order chi connectivity index (χ1) is 14.4. The third-order valence-electron chi connectivity index (χ3n) is 4.31. The van der Waals surface area contributed by atoms with Crippen LogP contribution in [0.3, 0.4) is 0 Å². The van der Waals surface area contributed by atoms with Crippen molar-refractivity contribution in [3.8, 4) is 17.2 Å². The average molecular weight is 491 g/mol. The normalized spacial score (nSPS) is 15.3. The second-order valence-corrected chi connectivity index (χ2v) is 7.33. The van der Waals surface area contributed by atoms with Crippen LogP contribution in [0.15, 0.2) is 46.4 Å². The van der Waals surface area contributed by atoms with Gasteiger partial charge in [-0.15, -0.1) is 0 Å². The molecule has 2 amide bonds. The topological polar surface area (TPSA) is 77.1 Å². The van der Waals surface area contributed by atoms with E-state index in [-0.39, 0.29) is 10.7 Å². The first-order valence-electron chi connectivity index (χ1n) is 8.96. The Morgan fingerprint density at radius 3 is 2.47 bits per heavy atom. The lowest BCUT2D eigenvalue weighted by Crippen LogP contribution is -2.54. The van der Waals surface area contributed by atoms with Gasteiger partial charge in [0.1, 0.15) is 11.3 Å². The maximum Gasteiger partial charge on any atom is 0.270 e. The van der Waals surface area contributed by atoms with E-state index in [0.717, 1.165) is 0 Å². The lowest BCUT2D eigenvalue weighted by molar-refractivity contribution is -0.122. The predicted octanol–water partition coefficient (Wildman–Crippen LogP) is 3.70. The highest BCUT2D eigenvalue weighted by molar-refractivity contribution is 9.10. The van der Waals surface area contributed by atoms with E-state index in [9.17, 15) is 9.59 Å². The van der Waals surface area contributed by atoms with E-state index in [4.69, 9.17) is 26.4 Å². The van der Waals surface area contributed by atoms with E-state index >= 15 is 0 Å². The Kier molecular flexibility index (Phi) is 6.73. The molecular formula is C21H19BrN2O5S. The zero-order valence-corrected chi connectivity index (χ0v) is 18.9. The number of para-hydroxylation sites is 2. The largest absolute Gasteiger partial charge is 0.495 e. The van der Waals surface area contributed by atoms with Gasteiger partial charge in [-0.1, -0.05) is 28.1 Å². The number of carbonyl (C=O) groups excluding carboxylic acids is 2. The van der Waals surface area contributed by atoms with E-state index in [1.54, 1.807) is 36.4 Å². The molecule has 3 rings (SSSR count). The van der Waals surface area contributed by atoms with Crippen LogP contribution in [0.5, 0.6) is 17.2 Å². The molecule has 9 heteroatoms. The summed E-state index contributed by atoms with van der Waals surface area (Å²) in [6, 6.07) is 10.3. The highest BCUT2D eigenvalue weighted by Crippen LogP contribution is 2.36. The monoisotopic (exact) mass is 490 g/mol. The summed E-state index contributed by atoms with van der Waals surface area (Å²) in [6.07, 6.45) is 1.48. The number of ether oxygens (including phenoxy) is 3. The summed E-state index contributed by atoms with van der Waals surface area (Å²) in [7, 11) is 3.03. The summed E-state index contributed by atoms with van der Waals surface area (Å²) < 4.78 is 16.9. The van der Waals surface area contributed by atoms with Gasteiger partial charge in [-0.25, -0.2) is 4.90 Å². The number of hydrogen-bond donors (Lipinski definition) is 1. The molecule has 0 saturated carbocycles. The van der Waals surface area contributed by atoms with Crippen molar-refractivity contribution < 1.29 is 23.8 Å². The molecule has 2 aromatic rings. The van der Waals surface area contributed by atoms with Crippen molar-refractivity contribution in [3.05, 3.63) is 52.0 Å². The number of hydrogen-bond acceptors (Lipinski definition) is 6. The van der Waals surface area contributed by atoms with Crippen LogP contribution in [0.2, 0.25) is 0 Å². The Bertz CT molecular complexity index is 1050. The van der Waals surface area contributed by atoms with Crippen molar-refractivity contribution in [2.24, 2.45) is 0 Å². The van der Waals surface area contributed by atoms with Crippen LogP contribution < -0.4 is 24.4 Å². The van der Waals surface area contributed by atoms with Gasteiger partial charge in [-0.3, -0.25) is 14.9 Å². The summed E-state index contributed by atoms with van der Waals surface area (Å²) in [5, 5.41) is 2.55. The minimum Gasteiger partial charge on any atom is -0.495 e. The van der Waals surface area contributed by atoms with Gasteiger partial charge in [0.15, 0.2) is 16.6 Å². The minimum absolute atomic E-state index is 0.0181. The van der Waals surface area contributed by atoms with Crippen LogP contribution in [-0.4, -0.2) is 37.8 Å². The first-order valence-corrected chi connectivity index (χ1v) is 10.2. The third kappa shape index (κ3) is 4.17. The molecule has 0 bridgehead atoms. The summed E-state index contributed by atoms with van der Waals surface area (Å²) in [5.41, 5.74) is 0.929. The molecule has 0 aromatic heterocycles. The van der Waals surface area contributed by atoms with Crippen molar-refractivity contribution in [1.29, 1.82) is 0 Å². The molecule has 0 radical (unpaired) electrons. The number of amides is 2. The standard InChI is InChI=1S/C21H19BrN2O5S/c1-4-29-18-10-12(14(22)11-17(18)28-3)9-13-19(25)23-21(30)24(20(13)26)15-7-5-6-8-16(15)27-2/h5-11H,4H2,1-3H3,(H,23,25,30)/b13-9+. The van der Waals surface area contributed by atoms with Crippen LogP contribution >= 0.6 is 28.1 Å². The Morgan fingerprint density at radius 1 is 1.10 bits per heavy atom. The van der Waals surface area contributed by atoms with Crippen molar-refractivity contribution in [2.45, 2.75) is 6.92 Å². The van der Waals surface area contributed by atoms with Gasteiger partial charge in [-0.05, 0) is 55.0 Å². The maximum absolute atomic E-state index is 13.2. The molecule has 1 N–H and O–H groups in total. The third-order valence-corrected chi connectivity index (χ3v) is 5.28. The fourth-order valence-electron chi connectivity index (χ4n) is 2.94. The van der Waals surface area contributed by atoms with E-state index in [1.165, 1.54) is 25.2 Å². The quantitative estimate of drug-likeness (QED) is 0.378. The summed E-state index contributed by atoms with van der Waals surface area (Å²) in [6.45, 7) is 2.28. The molecule has 1 fully saturated rings. The number of anilines is 1. The fourth-order valence-corrected chi connectivity index (χ4v) is 3.65. The van der Waals surface area contributed by atoms with E-state index in [1.807, 2.05) is 6.92 Å². The lowest BCUT2D eigenvalue weighted by Gasteiger charge is -2.29. The van der Waals surface area contributed by atoms with Crippen LogP contribution in [-0.2, 0) is 9.59 Å². The number of carbonyl (C=O) groups is 2. The van der Waals surface area contributed by atoms with Crippen molar-refractivity contribution >= 4 is 56.8 Å². The maximum atomic E-state index is 13.2. The van der Waals surface area contributed by atoms with Crippen LogP contribution in [0, 0.1) is 0 Å². The number of nitrogens with one attached hydrogen (secondary N) is 1. The minimum atomic E-state index is -0.586. The summed E-state index contributed by atoms with van der Waals surface area (Å²) >= 11 is 8.70. The highest BCUT2D eigenvalue weighted by Gasteiger charge is 2.36. The number of benzene rings is 2. The molecule has 156 valence electrons. The molecule has 0 aliphatic carbocycles. The predicted molar refractivity (Wildman–Crippen MR) is 121 cm³/mol. The van der Waals surface area contributed by atoms with E-state index < -0.39 is 11.8 Å². The second-order valence-electron chi connectivity index (χ2n) is 6.09. The average Bonchev–Trinajstić information content (AvgIpc) is 2.73. The van der Waals surface area contributed by atoms with Gasteiger partial charge in [0, 0.05) is 4.47 Å². The molecule has 1 saturated heterocycles. The molecule has 1 heterocycles. The Hall–Kier alpha value is -2.91. The molecule has 1 aliphatic heterocycles. The lowest BCUT2D eigenvalue weighted by atomic mass is 10.1. The molecule has 30 heavy (non-hydrogen) atoms. The number of thiocarbonyl (C=S) groups is 1. The van der Waals surface area contributed by atoms with Crippen LogP contribution in [0.4, 0.5) is 5.69 Å². The zero-order chi connectivity index (χ0) is 21.8. The Morgan fingerprint density at radius 2 is 1.80 bits per heavy atom. The van der Waals surface area contributed by atoms with Crippen LogP contribution in [0.1, 0.15) is 12.5 Å². The number of rotatable bonds is 6. The SMILES string of the molecule is CCOc1cc(/C=C2\C(=O)NC(=S)N(c3ccccc3OC)C2=O)c(Br)cc1OC. The van der Waals surface area contributed by atoms with Gasteiger partial charge in [0.25, 0.3) is 11.8 Å². The Labute approximate surface area is 187 Å². The van der Waals surface area contributed by atoms with E-state index in [0.29, 0.717) is 39.6 Å². The highest BCUT2D eigenvalue weighted by atomic mass is 79.9. The molecule has 0 unspecified atom stereocenters. The Balaban J connectivity index is 2.08. The van der Waals surface area contributed by atoms with Crippen molar-refractivity contribution in [1.82, 2.24) is 5.32 Å². The zero-order valence-electron chi connectivity index (χ0n) is 16.5. The molecule has 7 nitrogen and oxygen atoms in total. The van der Waals surface area contributed by atoms with E-state index in [2.05, 4.69) is 21.2 Å². The van der Waals surface area contributed by atoms with Gasteiger partial charge in [0.05, 0.1) is 26.5 Å². The van der Waals surface area contributed by atoms with Crippen molar-refractivity contribution in [3.63, 3.8) is 0 Å².